The number of rotatable bonds is 5. The number of imidazole rings is 1. The van der Waals surface area contributed by atoms with E-state index in [1.165, 1.54) is 5.56 Å². The van der Waals surface area contributed by atoms with E-state index in [1.807, 2.05) is 38.1 Å². The molecule has 0 bridgehead atoms. The summed E-state index contributed by atoms with van der Waals surface area (Å²) in [4.78, 5) is 8.02. The Kier molecular flexibility index (Phi) is 4.00. The predicted molar refractivity (Wildman–Crippen MR) is 88.6 cm³/mol. The number of ether oxygens (including phenoxy) is 2. The van der Waals surface area contributed by atoms with Crippen LogP contribution in [-0.2, 0) is 0 Å². The molecule has 4 heteroatoms. The first kappa shape index (κ1) is 14.4. The summed E-state index contributed by atoms with van der Waals surface area (Å²) < 4.78 is 11.3. The topological polar surface area (TPSA) is 47.1 Å². The van der Waals surface area contributed by atoms with Crippen LogP contribution in [0.25, 0.3) is 22.4 Å². The Bertz CT molecular complexity index is 793. The van der Waals surface area contributed by atoms with Crippen LogP contribution < -0.4 is 9.47 Å². The zero-order valence-corrected chi connectivity index (χ0v) is 13.1. The number of benzene rings is 2. The maximum absolute atomic E-state index is 5.68. The van der Waals surface area contributed by atoms with Gasteiger partial charge < -0.3 is 14.5 Å². The van der Waals surface area contributed by atoms with Crippen LogP contribution >= 0.6 is 0 Å². The lowest BCUT2D eigenvalue weighted by Crippen LogP contribution is -1.98. The number of aromatic nitrogens is 2. The fourth-order valence-electron chi connectivity index (χ4n) is 2.46. The highest BCUT2D eigenvalue weighted by Crippen LogP contribution is 2.32. The molecule has 0 radical (unpaired) electrons. The van der Waals surface area contributed by atoms with Crippen molar-refractivity contribution in [2.75, 3.05) is 13.2 Å². The van der Waals surface area contributed by atoms with Crippen molar-refractivity contribution in [3.63, 3.8) is 0 Å². The lowest BCUT2D eigenvalue weighted by Gasteiger charge is -2.11. The molecule has 1 aromatic heterocycles. The summed E-state index contributed by atoms with van der Waals surface area (Å²) in [5.74, 6) is 2.35. The summed E-state index contributed by atoms with van der Waals surface area (Å²) in [7, 11) is 0. The molecular formula is C18H20N2O2. The van der Waals surface area contributed by atoms with Crippen LogP contribution in [0.5, 0.6) is 11.5 Å². The summed E-state index contributed by atoms with van der Waals surface area (Å²) in [5.41, 5.74) is 4.21. The standard InChI is InChI=1S/C18H20N2O2/c1-4-21-16-9-7-13(11-17(16)22-5-2)18-19-14-8-6-12(3)10-15(14)20-18/h6-11H,4-5H2,1-3H3,(H,19,20). The Hall–Kier alpha value is -2.49. The lowest BCUT2D eigenvalue weighted by molar-refractivity contribution is 0.288. The quantitative estimate of drug-likeness (QED) is 0.762. The van der Waals surface area contributed by atoms with Gasteiger partial charge in [-0.05, 0) is 56.7 Å². The maximum Gasteiger partial charge on any atom is 0.161 e. The molecule has 0 saturated carbocycles. The van der Waals surface area contributed by atoms with E-state index in [0.29, 0.717) is 13.2 Å². The van der Waals surface area contributed by atoms with Gasteiger partial charge in [0.05, 0.1) is 24.2 Å². The summed E-state index contributed by atoms with van der Waals surface area (Å²) in [6.45, 7) is 7.22. The fraction of sp³-hybridized carbons (Fsp3) is 0.278. The van der Waals surface area contributed by atoms with Crippen LogP contribution in [0.2, 0.25) is 0 Å². The highest BCUT2D eigenvalue weighted by Gasteiger charge is 2.10. The molecule has 0 saturated heterocycles. The Balaban J connectivity index is 2.03. The Morgan fingerprint density at radius 3 is 2.50 bits per heavy atom. The molecule has 0 fully saturated rings. The molecule has 3 rings (SSSR count). The molecule has 1 N–H and O–H groups in total. The van der Waals surface area contributed by atoms with E-state index < -0.39 is 0 Å². The number of H-pyrrole nitrogens is 1. The highest BCUT2D eigenvalue weighted by molar-refractivity contribution is 5.80. The number of nitrogens with one attached hydrogen (secondary N) is 1. The first-order valence-corrected chi connectivity index (χ1v) is 7.57. The Labute approximate surface area is 130 Å². The van der Waals surface area contributed by atoms with Gasteiger partial charge in [0.15, 0.2) is 11.5 Å². The van der Waals surface area contributed by atoms with Crippen LogP contribution in [0.15, 0.2) is 36.4 Å². The number of hydrogen-bond donors (Lipinski definition) is 1. The summed E-state index contributed by atoms with van der Waals surface area (Å²) >= 11 is 0. The smallest absolute Gasteiger partial charge is 0.161 e. The van der Waals surface area contributed by atoms with Crippen molar-refractivity contribution in [1.82, 2.24) is 9.97 Å². The maximum atomic E-state index is 5.68. The Morgan fingerprint density at radius 2 is 1.73 bits per heavy atom. The number of aromatic amines is 1. The molecular weight excluding hydrogens is 276 g/mol. The fourth-order valence-corrected chi connectivity index (χ4v) is 2.46. The molecule has 3 aromatic rings. The number of hydrogen-bond acceptors (Lipinski definition) is 3. The minimum atomic E-state index is 0.600. The molecule has 0 aliphatic rings. The molecule has 4 nitrogen and oxygen atoms in total. The first-order chi connectivity index (χ1) is 10.7. The molecule has 0 aliphatic carbocycles. The second kappa shape index (κ2) is 6.10. The molecule has 22 heavy (non-hydrogen) atoms. The van der Waals surface area contributed by atoms with Crippen LogP contribution in [-0.4, -0.2) is 23.2 Å². The van der Waals surface area contributed by atoms with E-state index in [1.54, 1.807) is 0 Å². The summed E-state index contributed by atoms with van der Waals surface area (Å²) in [6.07, 6.45) is 0. The van der Waals surface area contributed by atoms with Gasteiger partial charge in [-0.25, -0.2) is 4.98 Å². The first-order valence-electron chi connectivity index (χ1n) is 7.57. The lowest BCUT2D eigenvalue weighted by atomic mass is 10.2. The van der Waals surface area contributed by atoms with Gasteiger partial charge in [0.1, 0.15) is 5.82 Å². The van der Waals surface area contributed by atoms with E-state index in [0.717, 1.165) is 33.9 Å². The van der Waals surface area contributed by atoms with Crippen LogP contribution in [0.4, 0.5) is 0 Å². The van der Waals surface area contributed by atoms with Crippen molar-refractivity contribution in [1.29, 1.82) is 0 Å². The molecule has 0 atom stereocenters. The molecule has 1 heterocycles. The van der Waals surface area contributed by atoms with Crippen LogP contribution in [0.3, 0.4) is 0 Å². The van der Waals surface area contributed by atoms with Crippen molar-refractivity contribution in [3.8, 4) is 22.9 Å². The molecule has 114 valence electrons. The Morgan fingerprint density at radius 1 is 0.955 bits per heavy atom. The average molecular weight is 296 g/mol. The van der Waals surface area contributed by atoms with E-state index >= 15 is 0 Å². The molecule has 0 unspecified atom stereocenters. The van der Waals surface area contributed by atoms with Gasteiger partial charge in [-0.3, -0.25) is 0 Å². The van der Waals surface area contributed by atoms with Gasteiger partial charge in [-0.2, -0.15) is 0 Å². The van der Waals surface area contributed by atoms with Gasteiger partial charge in [-0.1, -0.05) is 6.07 Å². The average Bonchev–Trinajstić information content (AvgIpc) is 2.92. The number of nitrogens with zero attached hydrogens (tertiary/aromatic N) is 1. The van der Waals surface area contributed by atoms with E-state index in [-0.39, 0.29) is 0 Å². The number of aryl methyl sites for hydroxylation is 1. The summed E-state index contributed by atoms with van der Waals surface area (Å²) in [5, 5.41) is 0. The van der Waals surface area contributed by atoms with Gasteiger partial charge in [-0.15, -0.1) is 0 Å². The van der Waals surface area contributed by atoms with Crippen molar-refractivity contribution < 1.29 is 9.47 Å². The van der Waals surface area contributed by atoms with Gasteiger partial charge in [0, 0.05) is 5.56 Å². The highest BCUT2D eigenvalue weighted by atomic mass is 16.5. The number of fused-ring (bicyclic) bond motifs is 1. The molecule has 0 aliphatic heterocycles. The normalized spacial score (nSPS) is 10.9. The second-order valence-corrected chi connectivity index (χ2v) is 5.13. The SMILES string of the molecule is CCOc1ccc(-c2nc3ccc(C)cc3[nH]2)cc1OCC. The predicted octanol–water partition coefficient (Wildman–Crippen LogP) is 4.34. The molecule has 2 aromatic carbocycles. The van der Waals surface area contributed by atoms with Gasteiger partial charge in [0.25, 0.3) is 0 Å². The van der Waals surface area contributed by atoms with Crippen LogP contribution in [0.1, 0.15) is 19.4 Å². The summed E-state index contributed by atoms with van der Waals surface area (Å²) in [6, 6.07) is 12.1. The minimum absolute atomic E-state index is 0.600. The van der Waals surface area contributed by atoms with E-state index in [4.69, 9.17) is 9.47 Å². The third-order valence-corrected chi connectivity index (χ3v) is 3.45. The van der Waals surface area contributed by atoms with Crippen molar-refractivity contribution in [2.45, 2.75) is 20.8 Å². The molecule has 0 amide bonds. The van der Waals surface area contributed by atoms with Crippen molar-refractivity contribution in [2.24, 2.45) is 0 Å². The second-order valence-electron chi connectivity index (χ2n) is 5.13. The van der Waals surface area contributed by atoms with Gasteiger partial charge >= 0.3 is 0 Å². The largest absolute Gasteiger partial charge is 0.490 e. The van der Waals surface area contributed by atoms with Gasteiger partial charge in [0.2, 0.25) is 0 Å². The van der Waals surface area contributed by atoms with Crippen LogP contribution in [0, 0.1) is 6.92 Å². The molecule has 0 spiro atoms. The van der Waals surface area contributed by atoms with Crippen molar-refractivity contribution in [3.05, 3.63) is 42.0 Å². The van der Waals surface area contributed by atoms with Crippen molar-refractivity contribution >= 4 is 11.0 Å². The third-order valence-electron chi connectivity index (χ3n) is 3.45. The monoisotopic (exact) mass is 296 g/mol. The zero-order valence-electron chi connectivity index (χ0n) is 13.1. The minimum Gasteiger partial charge on any atom is -0.490 e. The van der Waals surface area contributed by atoms with E-state index in [2.05, 4.69) is 29.0 Å². The zero-order chi connectivity index (χ0) is 15.5. The third kappa shape index (κ3) is 2.77. The van der Waals surface area contributed by atoms with E-state index in [9.17, 15) is 0 Å².